The quantitative estimate of drug-likeness (QED) is 0.819. The fourth-order valence-electron chi connectivity index (χ4n) is 4.29. The van der Waals surface area contributed by atoms with E-state index in [0.717, 1.165) is 50.3 Å². The molecule has 2 heterocycles. The second kappa shape index (κ2) is 4.37. The molecule has 0 saturated heterocycles. The molecule has 1 aromatic rings. The molecule has 4 nitrogen and oxygen atoms in total. The van der Waals surface area contributed by atoms with E-state index >= 15 is 0 Å². The topological polar surface area (TPSA) is 50.7 Å². The Morgan fingerprint density at radius 2 is 2.30 bits per heavy atom. The van der Waals surface area contributed by atoms with Crippen LogP contribution < -0.4 is 14.8 Å². The van der Waals surface area contributed by atoms with Gasteiger partial charge in [-0.3, -0.25) is 0 Å². The molecule has 108 valence electrons. The SMILES string of the molecule is COc1ccc2c3c1O[C@@H]1C[C@H](O)CC[C@]31CCNC2. The van der Waals surface area contributed by atoms with E-state index in [1.54, 1.807) is 7.11 Å². The monoisotopic (exact) mass is 275 g/mol. The summed E-state index contributed by atoms with van der Waals surface area (Å²) >= 11 is 0. The summed E-state index contributed by atoms with van der Waals surface area (Å²) in [4.78, 5) is 0. The highest BCUT2D eigenvalue weighted by molar-refractivity contribution is 5.58. The van der Waals surface area contributed by atoms with Crippen LogP contribution in [0.5, 0.6) is 11.5 Å². The summed E-state index contributed by atoms with van der Waals surface area (Å²) in [6.07, 6.45) is 3.56. The van der Waals surface area contributed by atoms with Gasteiger partial charge < -0.3 is 19.9 Å². The minimum absolute atomic E-state index is 0.0714. The fraction of sp³-hybridized carbons (Fsp3) is 0.625. The molecule has 2 aliphatic heterocycles. The number of hydrogen-bond acceptors (Lipinski definition) is 4. The average molecular weight is 275 g/mol. The maximum Gasteiger partial charge on any atom is 0.165 e. The molecule has 1 fully saturated rings. The van der Waals surface area contributed by atoms with E-state index in [-0.39, 0.29) is 17.6 Å². The van der Waals surface area contributed by atoms with E-state index in [4.69, 9.17) is 9.47 Å². The summed E-state index contributed by atoms with van der Waals surface area (Å²) < 4.78 is 11.8. The van der Waals surface area contributed by atoms with E-state index in [9.17, 15) is 5.11 Å². The molecule has 0 amide bonds. The molecule has 20 heavy (non-hydrogen) atoms. The van der Waals surface area contributed by atoms with Crippen LogP contribution in [0.3, 0.4) is 0 Å². The van der Waals surface area contributed by atoms with Crippen molar-refractivity contribution in [3.63, 3.8) is 0 Å². The van der Waals surface area contributed by atoms with Crippen molar-refractivity contribution in [2.45, 2.75) is 49.9 Å². The predicted molar refractivity (Wildman–Crippen MR) is 75.3 cm³/mol. The maximum atomic E-state index is 10.0. The summed E-state index contributed by atoms with van der Waals surface area (Å²) in [5, 5.41) is 13.5. The number of ether oxygens (including phenoxy) is 2. The average Bonchev–Trinajstić information content (AvgIpc) is 2.66. The van der Waals surface area contributed by atoms with E-state index < -0.39 is 0 Å². The fourth-order valence-corrected chi connectivity index (χ4v) is 4.29. The molecule has 1 saturated carbocycles. The predicted octanol–water partition coefficient (Wildman–Crippen LogP) is 1.73. The highest BCUT2D eigenvalue weighted by Crippen LogP contribution is 2.56. The van der Waals surface area contributed by atoms with Crippen LogP contribution in [-0.4, -0.2) is 31.0 Å². The Morgan fingerprint density at radius 3 is 3.15 bits per heavy atom. The van der Waals surface area contributed by atoms with Gasteiger partial charge in [-0.15, -0.1) is 0 Å². The second-order valence-electron chi connectivity index (χ2n) is 6.25. The van der Waals surface area contributed by atoms with Crippen molar-refractivity contribution in [2.75, 3.05) is 13.7 Å². The Labute approximate surface area is 119 Å². The normalized spacial score (nSPS) is 34.7. The molecule has 1 aromatic carbocycles. The molecule has 0 unspecified atom stereocenters. The number of aliphatic hydroxyl groups excluding tert-OH is 1. The van der Waals surface area contributed by atoms with Crippen molar-refractivity contribution in [1.82, 2.24) is 5.32 Å². The Balaban J connectivity index is 1.91. The van der Waals surface area contributed by atoms with Crippen LogP contribution in [0.2, 0.25) is 0 Å². The molecule has 0 radical (unpaired) electrons. The highest BCUT2D eigenvalue weighted by atomic mass is 16.5. The first kappa shape index (κ1) is 12.5. The molecule has 4 heteroatoms. The second-order valence-corrected chi connectivity index (χ2v) is 6.25. The van der Waals surface area contributed by atoms with E-state index in [1.165, 1.54) is 11.1 Å². The van der Waals surface area contributed by atoms with Gasteiger partial charge in [0.25, 0.3) is 0 Å². The van der Waals surface area contributed by atoms with Crippen LogP contribution in [0.25, 0.3) is 0 Å². The highest BCUT2D eigenvalue weighted by Gasteiger charge is 2.53. The first-order valence-electron chi connectivity index (χ1n) is 7.50. The molecule has 1 spiro atoms. The maximum absolute atomic E-state index is 10.0. The van der Waals surface area contributed by atoms with Crippen molar-refractivity contribution in [3.05, 3.63) is 23.3 Å². The van der Waals surface area contributed by atoms with Crippen molar-refractivity contribution >= 4 is 0 Å². The zero-order chi connectivity index (χ0) is 13.7. The van der Waals surface area contributed by atoms with Gasteiger partial charge in [-0.25, -0.2) is 0 Å². The van der Waals surface area contributed by atoms with Gasteiger partial charge in [0.2, 0.25) is 0 Å². The van der Waals surface area contributed by atoms with Crippen molar-refractivity contribution < 1.29 is 14.6 Å². The summed E-state index contributed by atoms with van der Waals surface area (Å²) in [7, 11) is 1.69. The van der Waals surface area contributed by atoms with Crippen LogP contribution in [-0.2, 0) is 12.0 Å². The lowest BCUT2D eigenvalue weighted by Crippen LogP contribution is -2.45. The van der Waals surface area contributed by atoms with E-state index in [0.29, 0.717) is 0 Å². The minimum atomic E-state index is -0.231. The first-order chi connectivity index (χ1) is 9.74. The summed E-state index contributed by atoms with van der Waals surface area (Å²) in [6, 6.07) is 4.16. The molecular formula is C16H21NO3. The standard InChI is InChI=1S/C16H21NO3/c1-19-12-3-2-10-9-17-7-6-16-5-4-11(18)8-13(16)20-15(12)14(10)16/h2-3,11,13,17-18H,4-9H2,1H3/t11-,13-,16-/m1/s1. The third-order valence-electron chi connectivity index (χ3n) is 5.28. The van der Waals surface area contributed by atoms with Gasteiger partial charge in [-0.1, -0.05) is 6.07 Å². The molecule has 2 N–H and O–H groups in total. The van der Waals surface area contributed by atoms with Crippen LogP contribution in [0.4, 0.5) is 0 Å². The minimum Gasteiger partial charge on any atom is -0.493 e. The van der Waals surface area contributed by atoms with Gasteiger partial charge in [-0.2, -0.15) is 0 Å². The molecule has 0 aromatic heterocycles. The number of hydrogen-bond donors (Lipinski definition) is 2. The zero-order valence-corrected chi connectivity index (χ0v) is 11.8. The van der Waals surface area contributed by atoms with Crippen molar-refractivity contribution in [1.29, 1.82) is 0 Å². The van der Waals surface area contributed by atoms with Crippen LogP contribution in [0.1, 0.15) is 36.8 Å². The third-order valence-corrected chi connectivity index (χ3v) is 5.28. The number of rotatable bonds is 1. The Kier molecular flexibility index (Phi) is 2.72. The smallest absolute Gasteiger partial charge is 0.165 e. The van der Waals surface area contributed by atoms with Gasteiger partial charge in [0, 0.05) is 23.9 Å². The Morgan fingerprint density at radius 1 is 1.40 bits per heavy atom. The number of nitrogens with one attached hydrogen (secondary N) is 1. The third kappa shape index (κ3) is 1.55. The van der Waals surface area contributed by atoms with Crippen molar-refractivity contribution in [2.24, 2.45) is 0 Å². The molecule has 3 atom stereocenters. The first-order valence-corrected chi connectivity index (χ1v) is 7.50. The molecule has 3 aliphatic rings. The molecule has 0 bridgehead atoms. The molecule has 1 aliphatic carbocycles. The lowest BCUT2D eigenvalue weighted by atomic mass is 9.65. The molecule has 4 rings (SSSR count). The van der Waals surface area contributed by atoms with Crippen molar-refractivity contribution in [3.8, 4) is 11.5 Å². The lowest BCUT2D eigenvalue weighted by Gasteiger charge is -2.39. The van der Waals surface area contributed by atoms with E-state index in [1.807, 2.05) is 6.07 Å². The summed E-state index contributed by atoms with van der Waals surface area (Å²) in [5.74, 6) is 1.75. The Bertz CT molecular complexity index is 545. The van der Waals surface area contributed by atoms with Crippen LogP contribution in [0, 0.1) is 0 Å². The number of aliphatic hydroxyl groups is 1. The van der Waals surface area contributed by atoms with Gasteiger partial charge in [0.05, 0.1) is 13.2 Å². The van der Waals surface area contributed by atoms with Crippen LogP contribution in [0.15, 0.2) is 12.1 Å². The van der Waals surface area contributed by atoms with Gasteiger partial charge in [0.1, 0.15) is 6.10 Å². The lowest BCUT2D eigenvalue weighted by molar-refractivity contribution is 0.0142. The van der Waals surface area contributed by atoms with E-state index in [2.05, 4.69) is 11.4 Å². The van der Waals surface area contributed by atoms with Gasteiger partial charge >= 0.3 is 0 Å². The number of benzene rings is 1. The molecular weight excluding hydrogens is 254 g/mol. The Hall–Kier alpha value is -1.26. The largest absolute Gasteiger partial charge is 0.493 e. The zero-order valence-electron chi connectivity index (χ0n) is 11.8. The number of methoxy groups -OCH3 is 1. The van der Waals surface area contributed by atoms with Gasteiger partial charge in [0.15, 0.2) is 11.5 Å². The summed E-state index contributed by atoms with van der Waals surface area (Å²) in [5.41, 5.74) is 2.75. The van der Waals surface area contributed by atoms with Crippen LogP contribution >= 0.6 is 0 Å². The van der Waals surface area contributed by atoms with Gasteiger partial charge in [-0.05, 0) is 37.4 Å². The summed E-state index contributed by atoms with van der Waals surface area (Å²) in [6.45, 7) is 1.90.